The number of rotatable bonds is 6. The number of methoxy groups -OCH3 is 2. The molecule has 4 nitrogen and oxygen atoms in total. The average Bonchev–Trinajstić information content (AvgIpc) is 2.80. The predicted octanol–water partition coefficient (Wildman–Crippen LogP) is 3.21. The Morgan fingerprint density at radius 1 is 1.21 bits per heavy atom. The van der Waals surface area contributed by atoms with Gasteiger partial charge in [0.25, 0.3) is 0 Å². The highest BCUT2D eigenvalue weighted by molar-refractivity contribution is 9.10. The highest BCUT2D eigenvalue weighted by atomic mass is 79.9. The van der Waals surface area contributed by atoms with Gasteiger partial charge in [-0.25, -0.2) is 0 Å². The van der Waals surface area contributed by atoms with Crippen molar-refractivity contribution in [3.63, 3.8) is 0 Å². The number of nitrogens with zero attached hydrogens (tertiary/aromatic N) is 1. The molecule has 0 saturated heterocycles. The van der Waals surface area contributed by atoms with Crippen molar-refractivity contribution in [3.8, 4) is 11.6 Å². The first-order valence-electron chi connectivity index (χ1n) is 5.77. The minimum Gasteiger partial charge on any atom is -0.496 e. The van der Waals surface area contributed by atoms with E-state index < -0.39 is 0 Å². The molecule has 0 amide bonds. The van der Waals surface area contributed by atoms with Gasteiger partial charge in [0.15, 0.2) is 0 Å². The van der Waals surface area contributed by atoms with E-state index in [4.69, 9.17) is 9.47 Å². The number of nitrogens with one attached hydrogen (secondary N) is 1. The molecule has 0 bridgehead atoms. The van der Waals surface area contributed by atoms with Gasteiger partial charge in [-0.15, -0.1) is 0 Å². The summed E-state index contributed by atoms with van der Waals surface area (Å²) in [5.74, 6) is 1.54. The zero-order valence-electron chi connectivity index (χ0n) is 10.8. The molecule has 2 rings (SSSR count). The lowest BCUT2D eigenvalue weighted by molar-refractivity contribution is 0.399. The Labute approximate surface area is 125 Å². The SMILES string of the molecule is COc1ccccc1CNCc1snc(OC)c1Br. The van der Waals surface area contributed by atoms with Gasteiger partial charge in [0, 0.05) is 18.7 Å². The second kappa shape index (κ2) is 6.88. The van der Waals surface area contributed by atoms with E-state index in [0.717, 1.165) is 33.8 Å². The fraction of sp³-hybridized carbons (Fsp3) is 0.308. The van der Waals surface area contributed by atoms with Gasteiger partial charge in [-0.1, -0.05) is 18.2 Å². The standard InChI is InChI=1S/C13H15BrN2O2S/c1-17-10-6-4-3-5-9(10)7-15-8-11-12(14)13(18-2)16-19-11/h3-6,15H,7-8H2,1-2H3. The monoisotopic (exact) mass is 342 g/mol. The second-order valence-electron chi connectivity index (χ2n) is 3.84. The lowest BCUT2D eigenvalue weighted by Gasteiger charge is -2.08. The fourth-order valence-corrected chi connectivity index (χ4v) is 3.11. The van der Waals surface area contributed by atoms with Crippen LogP contribution in [0.5, 0.6) is 11.6 Å². The van der Waals surface area contributed by atoms with Crippen LogP contribution in [-0.4, -0.2) is 18.6 Å². The number of para-hydroxylation sites is 1. The first-order valence-corrected chi connectivity index (χ1v) is 7.33. The van der Waals surface area contributed by atoms with Gasteiger partial charge < -0.3 is 14.8 Å². The molecule has 102 valence electrons. The molecule has 0 unspecified atom stereocenters. The molecule has 0 fully saturated rings. The van der Waals surface area contributed by atoms with Crippen molar-refractivity contribution in [2.45, 2.75) is 13.1 Å². The molecule has 2 aromatic rings. The van der Waals surface area contributed by atoms with E-state index in [1.54, 1.807) is 14.2 Å². The Morgan fingerprint density at radius 3 is 2.68 bits per heavy atom. The first-order chi connectivity index (χ1) is 9.26. The summed E-state index contributed by atoms with van der Waals surface area (Å²) in [6, 6.07) is 7.98. The highest BCUT2D eigenvalue weighted by Crippen LogP contribution is 2.30. The van der Waals surface area contributed by atoms with Gasteiger partial charge in [0.2, 0.25) is 5.88 Å². The van der Waals surface area contributed by atoms with E-state index in [9.17, 15) is 0 Å². The van der Waals surface area contributed by atoms with Crippen molar-refractivity contribution in [1.29, 1.82) is 0 Å². The van der Waals surface area contributed by atoms with Crippen LogP contribution in [0.25, 0.3) is 0 Å². The molecule has 1 aromatic heterocycles. The maximum atomic E-state index is 5.31. The summed E-state index contributed by atoms with van der Waals surface area (Å²) in [5, 5.41) is 3.38. The molecule has 0 saturated carbocycles. The van der Waals surface area contributed by atoms with E-state index in [1.165, 1.54) is 11.5 Å². The highest BCUT2D eigenvalue weighted by Gasteiger charge is 2.11. The molecule has 0 atom stereocenters. The molecule has 1 heterocycles. The normalized spacial score (nSPS) is 10.5. The van der Waals surface area contributed by atoms with Crippen molar-refractivity contribution in [2.75, 3.05) is 14.2 Å². The van der Waals surface area contributed by atoms with Crippen molar-refractivity contribution in [3.05, 3.63) is 39.2 Å². The molecule has 6 heteroatoms. The van der Waals surface area contributed by atoms with Gasteiger partial charge >= 0.3 is 0 Å². The van der Waals surface area contributed by atoms with Crippen LogP contribution in [0.3, 0.4) is 0 Å². The van der Waals surface area contributed by atoms with Crippen LogP contribution in [0.15, 0.2) is 28.7 Å². The minimum absolute atomic E-state index is 0.638. The lowest BCUT2D eigenvalue weighted by Crippen LogP contribution is -2.12. The van der Waals surface area contributed by atoms with Crippen molar-refractivity contribution in [2.24, 2.45) is 0 Å². The number of halogens is 1. The molecule has 0 aliphatic carbocycles. The molecule has 1 N–H and O–H groups in total. The van der Waals surface area contributed by atoms with Gasteiger partial charge in [-0.2, -0.15) is 4.37 Å². The molecule has 0 radical (unpaired) electrons. The molecule has 0 aliphatic rings. The molecular formula is C13H15BrN2O2S. The third kappa shape index (κ3) is 3.46. The predicted molar refractivity (Wildman–Crippen MR) is 79.9 cm³/mol. The Hall–Kier alpha value is -1.11. The van der Waals surface area contributed by atoms with E-state index in [-0.39, 0.29) is 0 Å². The summed E-state index contributed by atoms with van der Waals surface area (Å²) >= 11 is 4.91. The van der Waals surface area contributed by atoms with Gasteiger partial charge in [0.05, 0.1) is 23.6 Å². The van der Waals surface area contributed by atoms with Gasteiger partial charge in [-0.3, -0.25) is 0 Å². The molecular weight excluding hydrogens is 328 g/mol. The van der Waals surface area contributed by atoms with Crippen LogP contribution in [0.2, 0.25) is 0 Å². The number of ether oxygens (including phenoxy) is 2. The maximum absolute atomic E-state index is 5.31. The second-order valence-corrected chi connectivity index (χ2v) is 5.50. The maximum Gasteiger partial charge on any atom is 0.239 e. The van der Waals surface area contributed by atoms with Crippen molar-refractivity contribution < 1.29 is 9.47 Å². The first kappa shape index (κ1) is 14.3. The van der Waals surface area contributed by atoms with E-state index >= 15 is 0 Å². The van der Waals surface area contributed by atoms with Crippen LogP contribution in [0.4, 0.5) is 0 Å². The number of benzene rings is 1. The molecule has 19 heavy (non-hydrogen) atoms. The van der Waals surface area contributed by atoms with Crippen molar-refractivity contribution >= 4 is 27.5 Å². The Balaban J connectivity index is 1.94. The van der Waals surface area contributed by atoms with E-state index in [2.05, 4.69) is 25.6 Å². The number of hydrogen-bond acceptors (Lipinski definition) is 5. The summed E-state index contributed by atoms with van der Waals surface area (Å²) in [4.78, 5) is 1.12. The summed E-state index contributed by atoms with van der Waals surface area (Å²) in [6.45, 7) is 1.48. The Kier molecular flexibility index (Phi) is 5.18. The summed E-state index contributed by atoms with van der Waals surface area (Å²) < 4.78 is 15.6. The zero-order chi connectivity index (χ0) is 13.7. The summed E-state index contributed by atoms with van der Waals surface area (Å²) in [5.41, 5.74) is 1.14. The number of aromatic nitrogens is 1. The van der Waals surface area contributed by atoms with Crippen LogP contribution in [0.1, 0.15) is 10.4 Å². The van der Waals surface area contributed by atoms with Gasteiger partial charge in [-0.05, 0) is 33.5 Å². The molecule has 1 aromatic carbocycles. The minimum atomic E-state index is 0.638. The topological polar surface area (TPSA) is 43.4 Å². The third-order valence-corrected chi connectivity index (χ3v) is 4.56. The summed E-state index contributed by atoms with van der Waals surface area (Å²) in [7, 11) is 3.30. The van der Waals surface area contributed by atoms with Gasteiger partial charge in [0.1, 0.15) is 5.75 Å². The number of hydrogen-bond donors (Lipinski definition) is 1. The Morgan fingerprint density at radius 2 is 2.00 bits per heavy atom. The van der Waals surface area contributed by atoms with Crippen LogP contribution < -0.4 is 14.8 Å². The van der Waals surface area contributed by atoms with Crippen LogP contribution >= 0.6 is 27.5 Å². The van der Waals surface area contributed by atoms with Crippen LogP contribution in [0, 0.1) is 0 Å². The lowest BCUT2D eigenvalue weighted by atomic mass is 10.2. The quantitative estimate of drug-likeness (QED) is 0.875. The zero-order valence-corrected chi connectivity index (χ0v) is 13.2. The Bertz CT molecular complexity index is 545. The van der Waals surface area contributed by atoms with Crippen LogP contribution in [-0.2, 0) is 13.1 Å². The largest absolute Gasteiger partial charge is 0.496 e. The molecule has 0 aliphatic heterocycles. The molecule has 0 spiro atoms. The fourth-order valence-electron chi connectivity index (χ4n) is 1.69. The summed E-state index contributed by atoms with van der Waals surface area (Å²) in [6.07, 6.45) is 0. The smallest absolute Gasteiger partial charge is 0.239 e. The third-order valence-electron chi connectivity index (χ3n) is 2.66. The van der Waals surface area contributed by atoms with E-state index in [1.807, 2.05) is 24.3 Å². The van der Waals surface area contributed by atoms with E-state index in [0.29, 0.717) is 5.88 Å². The average molecular weight is 343 g/mol. The van der Waals surface area contributed by atoms with Crippen molar-refractivity contribution in [1.82, 2.24) is 9.69 Å².